The molecule has 0 aromatic heterocycles. The Hall–Kier alpha value is -2.69. The third-order valence-corrected chi connectivity index (χ3v) is 3.46. The van der Waals surface area contributed by atoms with Gasteiger partial charge in [-0.1, -0.05) is 25.1 Å². The molecular formula is C18H22N2O3. The molecule has 0 fully saturated rings. The van der Waals surface area contributed by atoms with Crippen LogP contribution in [0.15, 0.2) is 42.5 Å². The van der Waals surface area contributed by atoms with E-state index in [9.17, 15) is 9.90 Å². The maximum absolute atomic E-state index is 12.1. The standard InChI is InChI=1S/C18H22N2O3/c1-4-14-7-5-6-12(2)17(14)20-18(22)19-13(3)23-16-10-8-15(21)9-11-16/h5-11,13,21H,4H2,1-3H3,(H2,19,20,22). The Balaban J connectivity index is 1.95. The summed E-state index contributed by atoms with van der Waals surface area (Å²) in [6.07, 6.45) is 0.338. The van der Waals surface area contributed by atoms with Gasteiger partial charge >= 0.3 is 6.03 Å². The fourth-order valence-electron chi connectivity index (χ4n) is 2.29. The molecular weight excluding hydrogens is 292 g/mol. The lowest BCUT2D eigenvalue weighted by Gasteiger charge is -2.18. The first kappa shape index (κ1) is 16.7. The van der Waals surface area contributed by atoms with Crippen LogP contribution in [-0.4, -0.2) is 17.4 Å². The van der Waals surface area contributed by atoms with Crippen molar-refractivity contribution < 1.29 is 14.6 Å². The fourth-order valence-corrected chi connectivity index (χ4v) is 2.29. The third kappa shape index (κ3) is 4.64. The number of amides is 2. The van der Waals surface area contributed by atoms with E-state index < -0.39 is 6.23 Å². The average Bonchev–Trinajstić information content (AvgIpc) is 2.51. The van der Waals surface area contributed by atoms with Gasteiger partial charge in [0.25, 0.3) is 0 Å². The minimum Gasteiger partial charge on any atom is -0.508 e. The second kappa shape index (κ2) is 7.54. The second-order valence-corrected chi connectivity index (χ2v) is 5.32. The first-order valence-electron chi connectivity index (χ1n) is 7.61. The number of hydrogen-bond acceptors (Lipinski definition) is 3. The van der Waals surface area contributed by atoms with Crippen molar-refractivity contribution >= 4 is 11.7 Å². The van der Waals surface area contributed by atoms with Crippen LogP contribution in [0.5, 0.6) is 11.5 Å². The Morgan fingerprint density at radius 2 is 1.91 bits per heavy atom. The topological polar surface area (TPSA) is 70.6 Å². The third-order valence-electron chi connectivity index (χ3n) is 3.46. The molecule has 0 saturated carbocycles. The molecule has 0 aliphatic carbocycles. The Kier molecular flexibility index (Phi) is 5.46. The van der Waals surface area contributed by atoms with Gasteiger partial charge in [0, 0.05) is 5.69 Å². The minimum atomic E-state index is -0.506. The molecule has 23 heavy (non-hydrogen) atoms. The molecule has 2 rings (SSSR count). The summed E-state index contributed by atoms with van der Waals surface area (Å²) in [4.78, 5) is 12.1. The zero-order valence-electron chi connectivity index (χ0n) is 13.6. The molecule has 5 heteroatoms. The molecule has 0 bridgehead atoms. The molecule has 5 nitrogen and oxygen atoms in total. The summed E-state index contributed by atoms with van der Waals surface area (Å²) in [5.74, 6) is 0.739. The van der Waals surface area contributed by atoms with Gasteiger partial charge in [0.05, 0.1) is 0 Å². The molecule has 2 aromatic carbocycles. The van der Waals surface area contributed by atoms with Gasteiger partial charge in [0.1, 0.15) is 11.5 Å². The number of phenolic OH excluding ortho intramolecular Hbond substituents is 1. The van der Waals surface area contributed by atoms with Gasteiger partial charge < -0.3 is 20.5 Å². The summed E-state index contributed by atoms with van der Waals surface area (Å²) < 4.78 is 5.58. The molecule has 3 N–H and O–H groups in total. The summed E-state index contributed by atoms with van der Waals surface area (Å²) >= 11 is 0. The smallest absolute Gasteiger partial charge is 0.322 e. The van der Waals surface area contributed by atoms with Crippen LogP contribution in [0.4, 0.5) is 10.5 Å². The molecule has 0 saturated heterocycles. The van der Waals surface area contributed by atoms with Gasteiger partial charge in [-0.2, -0.15) is 0 Å². The molecule has 0 heterocycles. The molecule has 0 spiro atoms. The molecule has 122 valence electrons. The zero-order valence-corrected chi connectivity index (χ0v) is 13.6. The number of ether oxygens (including phenoxy) is 1. The van der Waals surface area contributed by atoms with Crippen LogP contribution in [0.1, 0.15) is 25.0 Å². The van der Waals surface area contributed by atoms with E-state index in [1.54, 1.807) is 19.1 Å². The Bertz CT molecular complexity index is 668. The van der Waals surface area contributed by atoms with Crippen LogP contribution in [0.25, 0.3) is 0 Å². The highest BCUT2D eigenvalue weighted by Gasteiger charge is 2.12. The van der Waals surface area contributed by atoms with E-state index in [1.807, 2.05) is 25.1 Å². The van der Waals surface area contributed by atoms with E-state index >= 15 is 0 Å². The van der Waals surface area contributed by atoms with E-state index in [2.05, 4.69) is 17.6 Å². The summed E-state index contributed by atoms with van der Waals surface area (Å²) in [6.45, 7) is 5.75. The molecule has 0 radical (unpaired) electrons. The van der Waals surface area contributed by atoms with Crippen molar-refractivity contribution in [2.24, 2.45) is 0 Å². The van der Waals surface area contributed by atoms with E-state index in [-0.39, 0.29) is 11.8 Å². The quantitative estimate of drug-likeness (QED) is 0.735. The van der Waals surface area contributed by atoms with E-state index in [0.29, 0.717) is 5.75 Å². The molecule has 2 aromatic rings. The molecule has 1 atom stereocenters. The second-order valence-electron chi connectivity index (χ2n) is 5.32. The lowest BCUT2D eigenvalue weighted by molar-refractivity contribution is 0.183. The van der Waals surface area contributed by atoms with Gasteiger partial charge in [0.15, 0.2) is 6.23 Å². The van der Waals surface area contributed by atoms with Gasteiger partial charge in [-0.15, -0.1) is 0 Å². The molecule has 1 unspecified atom stereocenters. The predicted molar refractivity (Wildman–Crippen MR) is 90.9 cm³/mol. The number of aryl methyl sites for hydroxylation is 2. The predicted octanol–water partition coefficient (Wildman–Crippen LogP) is 3.81. The van der Waals surface area contributed by atoms with Crippen molar-refractivity contribution in [2.75, 3.05) is 5.32 Å². The van der Waals surface area contributed by atoms with Gasteiger partial charge in [-0.05, 0) is 55.7 Å². The van der Waals surface area contributed by atoms with Crippen molar-refractivity contribution in [3.63, 3.8) is 0 Å². The maximum atomic E-state index is 12.1. The highest BCUT2D eigenvalue weighted by molar-refractivity contribution is 5.91. The van der Waals surface area contributed by atoms with Gasteiger partial charge in [-0.3, -0.25) is 0 Å². The van der Waals surface area contributed by atoms with E-state index in [4.69, 9.17) is 4.74 Å². The van der Waals surface area contributed by atoms with Crippen LogP contribution < -0.4 is 15.4 Å². The molecule has 2 amide bonds. The van der Waals surface area contributed by atoms with Gasteiger partial charge in [0.2, 0.25) is 0 Å². The number of carbonyl (C=O) groups excluding carboxylic acids is 1. The van der Waals surface area contributed by atoms with Crippen LogP contribution in [0, 0.1) is 6.92 Å². The number of rotatable bonds is 5. The van der Waals surface area contributed by atoms with Gasteiger partial charge in [-0.25, -0.2) is 4.79 Å². The zero-order chi connectivity index (χ0) is 16.8. The van der Waals surface area contributed by atoms with E-state index in [1.165, 1.54) is 12.1 Å². The first-order valence-corrected chi connectivity index (χ1v) is 7.61. The highest BCUT2D eigenvalue weighted by atomic mass is 16.5. The summed E-state index contributed by atoms with van der Waals surface area (Å²) in [7, 11) is 0. The number of phenols is 1. The average molecular weight is 314 g/mol. The summed E-state index contributed by atoms with van der Waals surface area (Å²) in [6, 6.07) is 12.0. The molecule has 0 aliphatic heterocycles. The SMILES string of the molecule is CCc1cccc(C)c1NC(=O)NC(C)Oc1ccc(O)cc1. The number of anilines is 1. The Labute approximate surface area is 136 Å². The number of carbonyl (C=O) groups is 1. The van der Waals surface area contributed by atoms with Crippen molar-refractivity contribution in [1.29, 1.82) is 0 Å². The van der Waals surface area contributed by atoms with Crippen molar-refractivity contribution in [3.05, 3.63) is 53.6 Å². The molecule has 0 aliphatic rings. The number of nitrogens with one attached hydrogen (secondary N) is 2. The number of aromatic hydroxyl groups is 1. The first-order chi connectivity index (χ1) is 11.0. The number of para-hydroxylation sites is 1. The number of hydrogen-bond donors (Lipinski definition) is 3. The number of urea groups is 1. The Morgan fingerprint density at radius 1 is 1.22 bits per heavy atom. The van der Waals surface area contributed by atoms with Crippen molar-refractivity contribution in [1.82, 2.24) is 5.32 Å². The normalized spacial score (nSPS) is 11.6. The highest BCUT2D eigenvalue weighted by Crippen LogP contribution is 2.21. The van der Waals surface area contributed by atoms with Crippen LogP contribution in [0.2, 0.25) is 0 Å². The lowest BCUT2D eigenvalue weighted by atomic mass is 10.1. The Morgan fingerprint density at radius 3 is 2.57 bits per heavy atom. The van der Waals surface area contributed by atoms with Crippen molar-refractivity contribution in [2.45, 2.75) is 33.4 Å². The van der Waals surface area contributed by atoms with Crippen LogP contribution in [0.3, 0.4) is 0 Å². The summed E-state index contributed by atoms with van der Waals surface area (Å²) in [5.41, 5.74) is 2.95. The number of benzene rings is 2. The van der Waals surface area contributed by atoms with E-state index in [0.717, 1.165) is 23.2 Å². The fraction of sp³-hybridized carbons (Fsp3) is 0.278. The lowest BCUT2D eigenvalue weighted by Crippen LogP contribution is -2.39. The minimum absolute atomic E-state index is 0.169. The summed E-state index contributed by atoms with van der Waals surface area (Å²) in [5, 5.41) is 14.9. The van der Waals surface area contributed by atoms with Crippen LogP contribution >= 0.6 is 0 Å². The van der Waals surface area contributed by atoms with Crippen molar-refractivity contribution in [3.8, 4) is 11.5 Å². The van der Waals surface area contributed by atoms with Crippen LogP contribution in [-0.2, 0) is 6.42 Å². The largest absolute Gasteiger partial charge is 0.508 e. The maximum Gasteiger partial charge on any atom is 0.322 e. The monoisotopic (exact) mass is 314 g/mol.